The molecule has 0 saturated carbocycles. The normalized spacial score (nSPS) is 13.0. The van der Waals surface area contributed by atoms with Crippen molar-refractivity contribution in [3.8, 4) is 5.75 Å². The topological polar surface area (TPSA) is 72.8 Å². The lowest BCUT2D eigenvalue weighted by Crippen LogP contribution is -2.50. The van der Waals surface area contributed by atoms with E-state index in [1.165, 1.54) is 12.7 Å². The van der Waals surface area contributed by atoms with E-state index < -0.39 is 11.6 Å². The molecule has 140 valence electrons. The molecule has 2 aromatic rings. The van der Waals surface area contributed by atoms with Crippen molar-refractivity contribution in [2.24, 2.45) is 5.16 Å². The van der Waals surface area contributed by atoms with Crippen LogP contribution >= 0.6 is 0 Å². The molecule has 0 fully saturated rings. The number of aromatic nitrogens is 1. The summed E-state index contributed by atoms with van der Waals surface area (Å²) in [4.78, 5) is 21.7. The van der Waals surface area contributed by atoms with E-state index in [0.29, 0.717) is 12.2 Å². The van der Waals surface area contributed by atoms with Crippen molar-refractivity contribution in [3.05, 3.63) is 36.0 Å². The molecule has 6 nitrogen and oxygen atoms in total. The number of pyridine rings is 1. The maximum atomic E-state index is 12.6. The van der Waals surface area contributed by atoms with Crippen LogP contribution in [0.1, 0.15) is 39.7 Å². The summed E-state index contributed by atoms with van der Waals surface area (Å²) in [6.45, 7) is 7.69. The van der Waals surface area contributed by atoms with E-state index in [2.05, 4.69) is 33.3 Å². The van der Waals surface area contributed by atoms with Crippen molar-refractivity contribution < 1.29 is 14.4 Å². The van der Waals surface area contributed by atoms with Gasteiger partial charge >= 0.3 is 0 Å². The van der Waals surface area contributed by atoms with E-state index in [1.54, 1.807) is 6.21 Å². The lowest BCUT2D eigenvalue weighted by molar-refractivity contribution is -0.129. The summed E-state index contributed by atoms with van der Waals surface area (Å²) in [6, 6.07) is 7.77. The third kappa shape index (κ3) is 5.18. The number of ether oxygens (including phenoxy) is 1. The smallest absolute Gasteiger partial charge is 0.261 e. The molecule has 1 unspecified atom stereocenters. The number of nitrogens with zero attached hydrogens (tertiary/aromatic N) is 2. The molecule has 0 aliphatic heterocycles. The Morgan fingerprint density at radius 2 is 2.12 bits per heavy atom. The Morgan fingerprint density at radius 3 is 2.77 bits per heavy atom. The Kier molecular flexibility index (Phi) is 6.55. The highest BCUT2D eigenvalue weighted by Crippen LogP contribution is 2.22. The number of benzene rings is 1. The molecular weight excluding hydrogens is 330 g/mol. The predicted octanol–water partition coefficient (Wildman–Crippen LogP) is 3.48. The van der Waals surface area contributed by atoms with E-state index >= 15 is 0 Å². The van der Waals surface area contributed by atoms with Crippen molar-refractivity contribution in [1.82, 2.24) is 10.3 Å². The van der Waals surface area contributed by atoms with Crippen molar-refractivity contribution in [3.63, 3.8) is 0 Å². The molecule has 0 radical (unpaired) electrons. The molecule has 0 aliphatic carbocycles. The largest absolute Gasteiger partial charge is 0.481 e. The van der Waals surface area contributed by atoms with Crippen LogP contribution in [0.2, 0.25) is 0 Å². The van der Waals surface area contributed by atoms with Crippen LogP contribution in [0.5, 0.6) is 5.75 Å². The number of nitrogens with one attached hydrogen (secondary N) is 1. The van der Waals surface area contributed by atoms with Crippen LogP contribution in [0.4, 0.5) is 0 Å². The van der Waals surface area contributed by atoms with Gasteiger partial charge in [0.05, 0.1) is 17.3 Å². The highest BCUT2D eigenvalue weighted by atomic mass is 16.6. The fourth-order valence-corrected chi connectivity index (χ4v) is 2.52. The van der Waals surface area contributed by atoms with Crippen LogP contribution < -0.4 is 10.1 Å². The van der Waals surface area contributed by atoms with Gasteiger partial charge in [-0.25, -0.2) is 0 Å². The van der Waals surface area contributed by atoms with E-state index in [4.69, 9.17) is 4.74 Å². The number of carbonyl (C=O) groups excluding carboxylic acids is 1. The summed E-state index contributed by atoms with van der Waals surface area (Å²) >= 11 is 0. The summed E-state index contributed by atoms with van der Waals surface area (Å²) in [5.74, 6) is 0.457. The quantitative estimate of drug-likeness (QED) is 0.580. The highest BCUT2D eigenvalue weighted by molar-refractivity contribution is 5.86. The second kappa shape index (κ2) is 8.65. The third-order valence-electron chi connectivity index (χ3n) is 3.99. The monoisotopic (exact) mass is 357 g/mol. The van der Waals surface area contributed by atoms with Crippen LogP contribution in [0.3, 0.4) is 0 Å². The van der Waals surface area contributed by atoms with Gasteiger partial charge in [-0.05, 0) is 56.5 Å². The molecule has 1 aromatic carbocycles. The first-order chi connectivity index (χ1) is 12.4. The zero-order valence-electron chi connectivity index (χ0n) is 16.1. The van der Waals surface area contributed by atoms with Crippen LogP contribution in [-0.2, 0) is 16.1 Å². The molecule has 26 heavy (non-hydrogen) atoms. The van der Waals surface area contributed by atoms with Crippen LogP contribution in [-0.4, -0.2) is 35.9 Å². The van der Waals surface area contributed by atoms with Gasteiger partial charge in [0, 0.05) is 11.6 Å². The molecule has 0 saturated heterocycles. The molecule has 0 bridgehead atoms. The number of carbonyl (C=O) groups is 1. The minimum atomic E-state index is -0.632. The molecule has 6 heteroatoms. The van der Waals surface area contributed by atoms with Crippen molar-refractivity contribution in [2.75, 3.05) is 7.11 Å². The maximum absolute atomic E-state index is 12.6. The van der Waals surface area contributed by atoms with Crippen molar-refractivity contribution >= 4 is 23.0 Å². The lowest BCUT2D eigenvalue weighted by atomic mass is 10.1. The number of oxime groups is 1. The summed E-state index contributed by atoms with van der Waals surface area (Å²) in [6.07, 6.45) is 4.31. The molecule has 2 rings (SSSR count). The van der Waals surface area contributed by atoms with Gasteiger partial charge in [0.25, 0.3) is 5.91 Å². The van der Waals surface area contributed by atoms with Crippen molar-refractivity contribution in [1.29, 1.82) is 0 Å². The van der Waals surface area contributed by atoms with E-state index in [1.807, 2.05) is 45.2 Å². The van der Waals surface area contributed by atoms with Gasteiger partial charge in [0.2, 0.25) is 0 Å². The molecule has 1 amide bonds. The number of fused-ring (bicyclic) bond motifs is 1. The fraction of sp³-hybridized carbons (Fsp3) is 0.450. The first-order valence-electron chi connectivity index (χ1n) is 8.83. The van der Waals surface area contributed by atoms with Crippen LogP contribution in [0, 0.1) is 0 Å². The summed E-state index contributed by atoms with van der Waals surface area (Å²) in [5.41, 5.74) is 1.44. The Bertz CT molecular complexity index is 787. The number of hydrogen-bond donors (Lipinski definition) is 1. The average molecular weight is 357 g/mol. The number of rotatable bonds is 8. The van der Waals surface area contributed by atoms with E-state index in [9.17, 15) is 4.79 Å². The first kappa shape index (κ1) is 19.7. The standard InChI is InChI=1S/C20H27N3O3/c1-6-14-10-15-11-16(8-9-17(15)21-12-14)26-18(7-2)19(24)23-20(3,4)13-22-25-5/h8-13,18H,6-7H2,1-5H3,(H,23,24). The van der Waals surface area contributed by atoms with Crippen molar-refractivity contribution in [2.45, 2.75) is 52.2 Å². The number of hydrogen-bond acceptors (Lipinski definition) is 5. The average Bonchev–Trinajstić information content (AvgIpc) is 2.63. The van der Waals surface area contributed by atoms with E-state index in [0.717, 1.165) is 17.3 Å². The van der Waals surface area contributed by atoms with Gasteiger partial charge in [-0.15, -0.1) is 0 Å². The molecule has 1 N–H and O–H groups in total. The summed E-state index contributed by atoms with van der Waals surface area (Å²) < 4.78 is 5.94. The first-order valence-corrected chi connectivity index (χ1v) is 8.83. The second-order valence-corrected chi connectivity index (χ2v) is 6.69. The zero-order chi connectivity index (χ0) is 19.2. The lowest BCUT2D eigenvalue weighted by Gasteiger charge is -2.25. The Labute approximate surface area is 154 Å². The molecule has 0 aliphatic rings. The molecule has 0 spiro atoms. The number of aryl methyl sites for hydroxylation is 1. The van der Waals surface area contributed by atoms with Gasteiger partial charge in [0.1, 0.15) is 12.9 Å². The minimum absolute atomic E-state index is 0.194. The van der Waals surface area contributed by atoms with Gasteiger partial charge in [-0.2, -0.15) is 0 Å². The van der Waals surface area contributed by atoms with Gasteiger partial charge < -0.3 is 14.9 Å². The predicted molar refractivity (Wildman–Crippen MR) is 104 cm³/mol. The Hall–Kier alpha value is -2.63. The molecule has 1 aromatic heterocycles. The van der Waals surface area contributed by atoms with Gasteiger partial charge in [-0.1, -0.05) is 19.0 Å². The molecule has 1 atom stereocenters. The highest BCUT2D eigenvalue weighted by Gasteiger charge is 2.25. The Morgan fingerprint density at radius 1 is 1.35 bits per heavy atom. The van der Waals surface area contributed by atoms with E-state index in [-0.39, 0.29) is 5.91 Å². The SMILES string of the molecule is CCc1cnc2ccc(OC(CC)C(=O)NC(C)(C)C=NOC)cc2c1. The maximum Gasteiger partial charge on any atom is 0.261 e. The Balaban J connectivity index is 2.14. The fourth-order valence-electron chi connectivity index (χ4n) is 2.52. The van der Waals surface area contributed by atoms with Crippen LogP contribution in [0.15, 0.2) is 35.6 Å². The second-order valence-electron chi connectivity index (χ2n) is 6.69. The molecular formula is C20H27N3O3. The summed E-state index contributed by atoms with van der Waals surface area (Å²) in [5, 5.41) is 7.65. The third-order valence-corrected chi connectivity index (χ3v) is 3.99. The summed E-state index contributed by atoms with van der Waals surface area (Å²) in [7, 11) is 1.46. The van der Waals surface area contributed by atoms with Crippen LogP contribution in [0.25, 0.3) is 10.9 Å². The minimum Gasteiger partial charge on any atom is -0.481 e. The van der Waals surface area contributed by atoms with Gasteiger partial charge in [0.15, 0.2) is 6.10 Å². The number of amides is 1. The zero-order valence-corrected chi connectivity index (χ0v) is 16.1. The molecule has 1 heterocycles. The van der Waals surface area contributed by atoms with Gasteiger partial charge in [-0.3, -0.25) is 9.78 Å².